The highest BCUT2D eigenvalue weighted by atomic mass is 19.1. The zero-order valence-corrected chi connectivity index (χ0v) is 9.36. The normalized spacial score (nSPS) is 20.3. The van der Waals surface area contributed by atoms with Gasteiger partial charge in [-0.2, -0.15) is 0 Å². The summed E-state index contributed by atoms with van der Waals surface area (Å²) in [5, 5.41) is 0. The van der Waals surface area contributed by atoms with Gasteiger partial charge in [0.1, 0.15) is 5.82 Å². The fourth-order valence-electron chi connectivity index (χ4n) is 2.38. The molecule has 0 bridgehead atoms. The minimum Gasteiger partial charge on any atom is -0.294 e. The Morgan fingerprint density at radius 3 is 2.73 bits per heavy atom. The topological polar surface area (TPSA) is 17.1 Å². The molecule has 2 heteroatoms. The van der Waals surface area contributed by atoms with E-state index in [0.717, 1.165) is 12.0 Å². The van der Waals surface area contributed by atoms with Crippen LogP contribution >= 0.6 is 0 Å². The molecule has 0 saturated carbocycles. The van der Waals surface area contributed by atoms with E-state index in [4.69, 9.17) is 0 Å². The number of benzene rings is 1. The van der Waals surface area contributed by atoms with E-state index in [2.05, 4.69) is 6.92 Å². The smallest absolute Gasteiger partial charge is 0.163 e. The van der Waals surface area contributed by atoms with Gasteiger partial charge < -0.3 is 0 Å². The summed E-state index contributed by atoms with van der Waals surface area (Å²) in [4.78, 5) is 11.7. The Hall–Kier alpha value is -1.18. The van der Waals surface area contributed by atoms with Gasteiger partial charge in [-0.05, 0) is 42.9 Å². The second kappa shape index (κ2) is 3.44. The Labute approximate surface area is 89.3 Å². The molecular formula is C13H15FO. The molecule has 0 saturated heterocycles. The lowest BCUT2D eigenvalue weighted by atomic mass is 9.80. The second-order valence-electron chi connectivity index (χ2n) is 4.46. The van der Waals surface area contributed by atoms with Crippen molar-refractivity contribution in [3.8, 4) is 0 Å². The van der Waals surface area contributed by atoms with Crippen LogP contribution in [0.4, 0.5) is 4.39 Å². The number of hydrogen-bond acceptors (Lipinski definition) is 1. The molecule has 0 heterocycles. The van der Waals surface area contributed by atoms with Crippen molar-refractivity contribution in [3.05, 3.63) is 34.1 Å². The van der Waals surface area contributed by atoms with E-state index < -0.39 is 0 Å². The maximum atomic E-state index is 13.7. The van der Waals surface area contributed by atoms with Gasteiger partial charge in [-0.3, -0.25) is 4.79 Å². The average Bonchev–Trinajstić information content (AvgIpc) is 2.20. The highest BCUT2D eigenvalue weighted by Crippen LogP contribution is 2.35. The van der Waals surface area contributed by atoms with Gasteiger partial charge in [0.25, 0.3) is 0 Å². The first-order valence-corrected chi connectivity index (χ1v) is 5.35. The summed E-state index contributed by atoms with van der Waals surface area (Å²) < 4.78 is 13.7. The molecule has 15 heavy (non-hydrogen) atoms. The van der Waals surface area contributed by atoms with Gasteiger partial charge in [-0.1, -0.05) is 13.0 Å². The predicted octanol–water partition coefficient (Wildman–Crippen LogP) is 3.52. The Morgan fingerprint density at radius 2 is 2.07 bits per heavy atom. The van der Waals surface area contributed by atoms with Gasteiger partial charge >= 0.3 is 0 Å². The molecule has 0 aliphatic heterocycles. The number of carbonyl (C=O) groups is 1. The summed E-state index contributed by atoms with van der Waals surface area (Å²) in [6.07, 6.45) is 1.44. The molecule has 2 rings (SSSR count). The van der Waals surface area contributed by atoms with Gasteiger partial charge in [0, 0.05) is 12.0 Å². The van der Waals surface area contributed by atoms with E-state index in [-0.39, 0.29) is 11.6 Å². The molecule has 1 aromatic rings. The molecule has 1 nitrogen and oxygen atoms in total. The van der Waals surface area contributed by atoms with Gasteiger partial charge in [-0.15, -0.1) is 0 Å². The van der Waals surface area contributed by atoms with Crippen molar-refractivity contribution in [2.45, 2.75) is 39.5 Å². The first-order chi connectivity index (χ1) is 7.02. The highest BCUT2D eigenvalue weighted by Gasteiger charge is 2.26. The third-order valence-electron chi connectivity index (χ3n) is 3.33. The number of aryl methyl sites for hydroxylation is 1. The maximum absolute atomic E-state index is 13.7. The molecule has 0 spiro atoms. The molecule has 80 valence electrons. The van der Waals surface area contributed by atoms with Crippen LogP contribution in [0.3, 0.4) is 0 Å². The summed E-state index contributed by atoms with van der Waals surface area (Å²) in [6.45, 7) is 5.56. The predicted molar refractivity (Wildman–Crippen MR) is 57.9 cm³/mol. The van der Waals surface area contributed by atoms with Crippen molar-refractivity contribution >= 4 is 5.78 Å². The lowest BCUT2D eigenvalue weighted by Crippen LogP contribution is -2.17. The van der Waals surface area contributed by atoms with Crippen LogP contribution < -0.4 is 0 Å². The molecule has 1 aliphatic carbocycles. The number of rotatable bonds is 0. The second-order valence-corrected chi connectivity index (χ2v) is 4.46. The molecule has 0 aromatic heterocycles. The van der Waals surface area contributed by atoms with Gasteiger partial charge in [-0.25, -0.2) is 4.39 Å². The Kier molecular flexibility index (Phi) is 2.37. The fraction of sp³-hybridized carbons (Fsp3) is 0.462. The van der Waals surface area contributed by atoms with Crippen LogP contribution in [0.15, 0.2) is 6.07 Å². The number of Topliss-reactive ketones (excluding diaryl/α,β-unsaturated/α-hetero) is 1. The van der Waals surface area contributed by atoms with Crippen LogP contribution in [0, 0.1) is 19.7 Å². The number of fused-ring (bicyclic) bond motifs is 1. The summed E-state index contributed by atoms with van der Waals surface area (Å²) in [7, 11) is 0. The Morgan fingerprint density at radius 1 is 1.40 bits per heavy atom. The molecule has 1 aliphatic rings. The molecular weight excluding hydrogens is 191 g/mol. The van der Waals surface area contributed by atoms with E-state index in [1.165, 1.54) is 0 Å². The highest BCUT2D eigenvalue weighted by molar-refractivity contribution is 6.00. The SMILES string of the molecule is Cc1cc2c(c(C)c1F)C(=O)CCC2C. The summed E-state index contributed by atoms with van der Waals surface area (Å²) >= 11 is 0. The van der Waals surface area contributed by atoms with Crippen molar-refractivity contribution in [2.24, 2.45) is 0 Å². The number of hydrogen-bond donors (Lipinski definition) is 0. The first kappa shape index (κ1) is 10.3. The molecule has 1 atom stereocenters. The standard InChI is InChI=1S/C13H15FO/c1-7-4-5-11(15)12-9(3)13(14)8(2)6-10(7)12/h6-7H,4-5H2,1-3H3. The molecule has 0 fully saturated rings. The number of halogens is 1. The van der Waals surface area contributed by atoms with Crippen LogP contribution in [0.1, 0.15) is 52.7 Å². The molecule has 1 aromatic carbocycles. The van der Waals surface area contributed by atoms with Crippen molar-refractivity contribution in [1.82, 2.24) is 0 Å². The van der Waals surface area contributed by atoms with Crippen LogP contribution in [-0.4, -0.2) is 5.78 Å². The third kappa shape index (κ3) is 1.48. The Bertz CT molecular complexity index is 435. The van der Waals surface area contributed by atoms with Crippen molar-refractivity contribution in [2.75, 3.05) is 0 Å². The van der Waals surface area contributed by atoms with E-state index in [1.807, 2.05) is 6.07 Å². The average molecular weight is 206 g/mol. The van der Waals surface area contributed by atoms with Crippen molar-refractivity contribution in [3.63, 3.8) is 0 Å². The fourth-order valence-corrected chi connectivity index (χ4v) is 2.38. The lowest BCUT2D eigenvalue weighted by molar-refractivity contribution is 0.0966. The van der Waals surface area contributed by atoms with Crippen LogP contribution in [0.25, 0.3) is 0 Å². The molecule has 1 unspecified atom stereocenters. The van der Waals surface area contributed by atoms with E-state index in [0.29, 0.717) is 29.0 Å². The van der Waals surface area contributed by atoms with E-state index in [1.54, 1.807) is 13.8 Å². The zero-order chi connectivity index (χ0) is 11.2. The van der Waals surface area contributed by atoms with Gasteiger partial charge in [0.05, 0.1) is 0 Å². The summed E-state index contributed by atoms with van der Waals surface area (Å²) in [5.41, 5.74) is 2.84. The van der Waals surface area contributed by atoms with Crippen molar-refractivity contribution in [1.29, 1.82) is 0 Å². The molecule has 0 amide bonds. The van der Waals surface area contributed by atoms with Crippen LogP contribution in [-0.2, 0) is 0 Å². The first-order valence-electron chi connectivity index (χ1n) is 5.35. The zero-order valence-electron chi connectivity index (χ0n) is 9.36. The lowest BCUT2D eigenvalue weighted by Gasteiger charge is -2.24. The summed E-state index contributed by atoms with van der Waals surface area (Å²) in [6, 6.07) is 1.83. The van der Waals surface area contributed by atoms with Crippen molar-refractivity contribution < 1.29 is 9.18 Å². The number of carbonyl (C=O) groups excluding carboxylic acids is 1. The van der Waals surface area contributed by atoms with Gasteiger partial charge in [0.15, 0.2) is 5.78 Å². The number of ketones is 1. The minimum atomic E-state index is -0.226. The minimum absolute atomic E-state index is 0.0968. The van der Waals surface area contributed by atoms with Gasteiger partial charge in [0.2, 0.25) is 0 Å². The largest absolute Gasteiger partial charge is 0.294 e. The Balaban J connectivity index is 2.73. The summed E-state index contributed by atoms with van der Waals surface area (Å²) in [5.74, 6) is 0.242. The van der Waals surface area contributed by atoms with E-state index in [9.17, 15) is 9.18 Å². The van der Waals surface area contributed by atoms with Crippen LogP contribution in [0.5, 0.6) is 0 Å². The quantitative estimate of drug-likeness (QED) is 0.634. The molecule has 0 N–H and O–H groups in total. The monoisotopic (exact) mass is 206 g/mol. The third-order valence-corrected chi connectivity index (χ3v) is 3.33. The van der Waals surface area contributed by atoms with Crippen LogP contribution in [0.2, 0.25) is 0 Å². The maximum Gasteiger partial charge on any atom is 0.163 e. The van der Waals surface area contributed by atoms with E-state index >= 15 is 0 Å². The molecule has 0 radical (unpaired) electrons.